The lowest BCUT2D eigenvalue weighted by atomic mass is 10.1. The summed E-state index contributed by atoms with van der Waals surface area (Å²) in [6.07, 6.45) is 1.68. The molecule has 116 valence electrons. The standard InChI is InChI=1S/C16H19N3O3/c1-11(7-8-12-5-3-2-4-6-12)17-14(20)9-13-10-15(21)19-16(22)18-13/h2-6,10-11H,7-9H2,1H3,(H,17,20)(H2,18,19,21,22). The van der Waals surface area contributed by atoms with E-state index in [4.69, 9.17) is 0 Å². The van der Waals surface area contributed by atoms with Crippen molar-refractivity contribution in [3.63, 3.8) is 0 Å². The van der Waals surface area contributed by atoms with E-state index < -0.39 is 11.2 Å². The molecule has 0 aliphatic rings. The van der Waals surface area contributed by atoms with Gasteiger partial charge in [0.25, 0.3) is 5.56 Å². The van der Waals surface area contributed by atoms with Crippen LogP contribution in [0.15, 0.2) is 46.0 Å². The Labute approximate surface area is 127 Å². The van der Waals surface area contributed by atoms with E-state index in [1.165, 1.54) is 11.6 Å². The highest BCUT2D eigenvalue weighted by Gasteiger charge is 2.09. The van der Waals surface area contributed by atoms with E-state index >= 15 is 0 Å². The minimum atomic E-state index is -0.604. The zero-order chi connectivity index (χ0) is 15.9. The van der Waals surface area contributed by atoms with Crippen molar-refractivity contribution in [3.05, 3.63) is 68.5 Å². The number of carbonyl (C=O) groups is 1. The van der Waals surface area contributed by atoms with Gasteiger partial charge in [0, 0.05) is 17.8 Å². The Hall–Kier alpha value is -2.63. The van der Waals surface area contributed by atoms with Crippen LogP contribution < -0.4 is 16.6 Å². The van der Waals surface area contributed by atoms with Crippen molar-refractivity contribution in [1.29, 1.82) is 0 Å². The zero-order valence-electron chi connectivity index (χ0n) is 12.4. The molecule has 1 aromatic heterocycles. The van der Waals surface area contributed by atoms with E-state index in [0.717, 1.165) is 12.8 Å². The molecule has 0 spiro atoms. The smallest absolute Gasteiger partial charge is 0.325 e. The summed E-state index contributed by atoms with van der Waals surface area (Å²) in [5, 5.41) is 2.86. The van der Waals surface area contributed by atoms with Gasteiger partial charge in [-0.15, -0.1) is 0 Å². The molecule has 0 fully saturated rings. The molecule has 1 aromatic carbocycles. The van der Waals surface area contributed by atoms with E-state index in [0.29, 0.717) is 5.69 Å². The van der Waals surface area contributed by atoms with Gasteiger partial charge in [0.15, 0.2) is 0 Å². The Kier molecular flexibility index (Phi) is 5.30. The molecule has 22 heavy (non-hydrogen) atoms. The van der Waals surface area contributed by atoms with Gasteiger partial charge in [-0.1, -0.05) is 30.3 Å². The van der Waals surface area contributed by atoms with Crippen LogP contribution in [0, 0.1) is 0 Å². The van der Waals surface area contributed by atoms with Gasteiger partial charge < -0.3 is 10.3 Å². The lowest BCUT2D eigenvalue weighted by Gasteiger charge is -2.13. The lowest BCUT2D eigenvalue weighted by Crippen LogP contribution is -2.35. The summed E-state index contributed by atoms with van der Waals surface area (Å²) in [5.41, 5.74) is 0.417. The second-order valence-electron chi connectivity index (χ2n) is 5.28. The zero-order valence-corrected chi connectivity index (χ0v) is 12.4. The predicted molar refractivity (Wildman–Crippen MR) is 83.8 cm³/mol. The lowest BCUT2D eigenvalue weighted by molar-refractivity contribution is -0.121. The van der Waals surface area contributed by atoms with Gasteiger partial charge in [0.2, 0.25) is 5.91 Å². The summed E-state index contributed by atoms with van der Waals surface area (Å²) in [4.78, 5) is 38.7. The fourth-order valence-electron chi connectivity index (χ4n) is 2.21. The van der Waals surface area contributed by atoms with Crippen LogP contribution in [0.3, 0.4) is 0 Å². The first-order valence-electron chi connectivity index (χ1n) is 7.19. The topological polar surface area (TPSA) is 94.8 Å². The summed E-state index contributed by atoms with van der Waals surface area (Å²) >= 11 is 0. The molecule has 0 bridgehead atoms. The number of amides is 1. The number of aromatic amines is 2. The van der Waals surface area contributed by atoms with Crippen molar-refractivity contribution in [2.45, 2.75) is 32.2 Å². The number of hydrogen-bond donors (Lipinski definition) is 3. The van der Waals surface area contributed by atoms with Crippen LogP contribution >= 0.6 is 0 Å². The third kappa shape index (κ3) is 5.05. The van der Waals surface area contributed by atoms with E-state index in [-0.39, 0.29) is 18.4 Å². The van der Waals surface area contributed by atoms with Crippen LogP contribution in [0.2, 0.25) is 0 Å². The van der Waals surface area contributed by atoms with Crippen molar-refractivity contribution >= 4 is 5.91 Å². The molecule has 3 N–H and O–H groups in total. The molecule has 0 aliphatic carbocycles. The summed E-state index contributed by atoms with van der Waals surface area (Å²) in [6.45, 7) is 1.93. The van der Waals surface area contributed by atoms with Gasteiger partial charge in [-0.3, -0.25) is 14.6 Å². The number of hydrogen-bond acceptors (Lipinski definition) is 3. The fraction of sp³-hybridized carbons (Fsp3) is 0.312. The fourth-order valence-corrected chi connectivity index (χ4v) is 2.21. The van der Waals surface area contributed by atoms with Crippen molar-refractivity contribution in [1.82, 2.24) is 15.3 Å². The maximum atomic E-state index is 11.9. The molecule has 6 nitrogen and oxygen atoms in total. The number of aromatic nitrogens is 2. The van der Waals surface area contributed by atoms with Crippen molar-refractivity contribution < 1.29 is 4.79 Å². The Morgan fingerprint density at radius 2 is 1.91 bits per heavy atom. The monoisotopic (exact) mass is 301 g/mol. The Bertz CT molecular complexity index is 706. The number of aryl methyl sites for hydroxylation is 1. The average Bonchev–Trinajstić information content (AvgIpc) is 2.45. The number of nitrogens with one attached hydrogen (secondary N) is 3. The molecular weight excluding hydrogens is 282 g/mol. The highest BCUT2D eigenvalue weighted by Crippen LogP contribution is 2.04. The van der Waals surface area contributed by atoms with Gasteiger partial charge in [-0.05, 0) is 25.3 Å². The molecule has 0 aliphatic heterocycles. The summed E-state index contributed by atoms with van der Waals surface area (Å²) in [7, 11) is 0. The van der Waals surface area contributed by atoms with Crippen LogP contribution in [-0.2, 0) is 17.6 Å². The third-order valence-electron chi connectivity index (χ3n) is 3.28. The van der Waals surface area contributed by atoms with Crippen molar-refractivity contribution in [2.75, 3.05) is 0 Å². The number of H-pyrrole nitrogens is 2. The highest BCUT2D eigenvalue weighted by molar-refractivity contribution is 5.78. The molecule has 1 heterocycles. The molecule has 2 aromatic rings. The van der Waals surface area contributed by atoms with Crippen molar-refractivity contribution in [3.8, 4) is 0 Å². The maximum Gasteiger partial charge on any atom is 0.325 e. The minimum Gasteiger partial charge on any atom is -0.353 e. The van der Waals surface area contributed by atoms with Gasteiger partial charge in [-0.2, -0.15) is 0 Å². The SMILES string of the molecule is CC(CCc1ccccc1)NC(=O)Cc1cc(=O)[nH]c(=O)[nH]1. The Morgan fingerprint density at radius 1 is 1.18 bits per heavy atom. The normalized spacial score (nSPS) is 11.9. The predicted octanol–water partition coefficient (Wildman–Crippen LogP) is 0.743. The second kappa shape index (κ2) is 7.40. The first-order valence-corrected chi connectivity index (χ1v) is 7.19. The molecule has 0 radical (unpaired) electrons. The summed E-state index contributed by atoms with van der Waals surface area (Å²) in [6, 6.07) is 11.3. The first-order chi connectivity index (χ1) is 10.5. The van der Waals surface area contributed by atoms with Crippen LogP contribution in [-0.4, -0.2) is 21.9 Å². The van der Waals surface area contributed by atoms with Crippen LogP contribution in [0.4, 0.5) is 0 Å². The quantitative estimate of drug-likeness (QED) is 0.734. The summed E-state index contributed by atoms with van der Waals surface area (Å²) < 4.78 is 0. The number of rotatable bonds is 6. The van der Waals surface area contributed by atoms with Gasteiger partial charge in [-0.25, -0.2) is 4.79 Å². The molecular formula is C16H19N3O3. The number of carbonyl (C=O) groups excluding carboxylic acids is 1. The highest BCUT2D eigenvalue weighted by atomic mass is 16.2. The van der Waals surface area contributed by atoms with Crippen LogP contribution in [0.5, 0.6) is 0 Å². The van der Waals surface area contributed by atoms with Crippen LogP contribution in [0.1, 0.15) is 24.6 Å². The second-order valence-corrected chi connectivity index (χ2v) is 5.28. The van der Waals surface area contributed by atoms with Gasteiger partial charge in [0.05, 0.1) is 6.42 Å². The van der Waals surface area contributed by atoms with E-state index in [9.17, 15) is 14.4 Å². The maximum absolute atomic E-state index is 11.9. The molecule has 0 saturated heterocycles. The molecule has 2 rings (SSSR count). The van der Waals surface area contributed by atoms with Gasteiger partial charge >= 0.3 is 5.69 Å². The Morgan fingerprint density at radius 3 is 2.59 bits per heavy atom. The Balaban J connectivity index is 1.83. The largest absolute Gasteiger partial charge is 0.353 e. The van der Waals surface area contributed by atoms with E-state index in [1.807, 2.05) is 25.1 Å². The van der Waals surface area contributed by atoms with E-state index in [1.54, 1.807) is 0 Å². The number of benzene rings is 1. The molecule has 6 heteroatoms. The molecule has 1 atom stereocenters. The van der Waals surface area contributed by atoms with Crippen molar-refractivity contribution in [2.24, 2.45) is 0 Å². The minimum absolute atomic E-state index is 0.0152. The van der Waals surface area contributed by atoms with Gasteiger partial charge in [0.1, 0.15) is 0 Å². The summed E-state index contributed by atoms with van der Waals surface area (Å²) in [5.74, 6) is -0.221. The average molecular weight is 301 g/mol. The first kappa shape index (κ1) is 15.8. The van der Waals surface area contributed by atoms with E-state index in [2.05, 4.69) is 27.4 Å². The molecule has 1 unspecified atom stereocenters. The molecule has 0 saturated carbocycles. The van der Waals surface area contributed by atoms with Crippen LogP contribution in [0.25, 0.3) is 0 Å². The third-order valence-corrected chi connectivity index (χ3v) is 3.28. The molecule has 1 amide bonds.